The predicted molar refractivity (Wildman–Crippen MR) is 116 cm³/mol. The summed E-state index contributed by atoms with van der Waals surface area (Å²) in [6.45, 7) is 2.39. The van der Waals surface area contributed by atoms with Crippen LogP contribution in [0.2, 0.25) is 0 Å². The molecule has 1 fully saturated rings. The first kappa shape index (κ1) is 22.5. The van der Waals surface area contributed by atoms with E-state index in [1.165, 1.54) is 4.90 Å². The number of carbonyl (C=O) groups is 2. The van der Waals surface area contributed by atoms with Gasteiger partial charge in [0.1, 0.15) is 11.5 Å². The standard InChI is InChI=1S/C24H27NO6/c1-3-16-4-6-17(7-5-16)21-20(22(27)18-8-10-19(30-2)11-9-18)23(28)24(29)25(21)12-14-31-15-13-26/h4-11,21,26-27H,3,12-15H2,1-2H3. The second-order valence-corrected chi connectivity index (χ2v) is 7.15. The third-order valence-corrected chi connectivity index (χ3v) is 5.32. The maximum absolute atomic E-state index is 12.9. The van der Waals surface area contributed by atoms with Crippen molar-refractivity contribution in [3.05, 3.63) is 70.8 Å². The molecular weight excluding hydrogens is 398 g/mol. The van der Waals surface area contributed by atoms with Gasteiger partial charge in [-0.2, -0.15) is 0 Å². The van der Waals surface area contributed by atoms with E-state index in [9.17, 15) is 14.7 Å². The van der Waals surface area contributed by atoms with Crippen molar-refractivity contribution in [2.45, 2.75) is 19.4 Å². The molecule has 1 heterocycles. The van der Waals surface area contributed by atoms with Crippen LogP contribution in [0.15, 0.2) is 54.1 Å². The normalized spacial score (nSPS) is 17.9. The van der Waals surface area contributed by atoms with E-state index in [0.29, 0.717) is 11.3 Å². The smallest absolute Gasteiger partial charge is 0.295 e. The summed E-state index contributed by atoms with van der Waals surface area (Å²) in [6.07, 6.45) is 0.862. The average molecular weight is 425 g/mol. The molecule has 7 heteroatoms. The Kier molecular flexibility index (Phi) is 7.44. The van der Waals surface area contributed by atoms with Gasteiger partial charge < -0.3 is 24.6 Å². The number of Topliss-reactive ketones (excluding diaryl/α,β-unsaturated/α-hetero) is 1. The van der Waals surface area contributed by atoms with Gasteiger partial charge in [-0.1, -0.05) is 31.2 Å². The number of ketones is 1. The van der Waals surface area contributed by atoms with Crippen LogP contribution >= 0.6 is 0 Å². The molecular formula is C24H27NO6. The molecule has 2 N–H and O–H groups in total. The molecule has 1 aliphatic heterocycles. The largest absolute Gasteiger partial charge is 0.507 e. The van der Waals surface area contributed by atoms with Crippen LogP contribution in [0.3, 0.4) is 0 Å². The maximum atomic E-state index is 12.9. The molecule has 164 valence electrons. The van der Waals surface area contributed by atoms with Gasteiger partial charge >= 0.3 is 0 Å². The van der Waals surface area contributed by atoms with Crippen molar-refractivity contribution in [2.75, 3.05) is 33.5 Å². The highest BCUT2D eigenvalue weighted by atomic mass is 16.5. The molecule has 1 atom stereocenters. The first-order chi connectivity index (χ1) is 15.0. The molecule has 0 spiro atoms. The van der Waals surface area contributed by atoms with E-state index in [-0.39, 0.29) is 37.7 Å². The van der Waals surface area contributed by atoms with Crippen molar-refractivity contribution in [1.29, 1.82) is 0 Å². The molecule has 0 bridgehead atoms. The Labute approximate surface area is 181 Å². The lowest BCUT2D eigenvalue weighted by molar-refractivity contribution is -0.140. The molecule has 1 amide bonds. The highest BCUT2D eigenvalue weighted by Crippen LogP contribution is 2.39. The summed E-state index contributed by atoms with van der Waals surface area (Å²) in [4.78, 5) is 27.2. The van der Waals surface area contributed by atoms with Crippen LogP contribution in [0, 0.1) is 0 Å². The van der Waals surface area contributed by atoms with E-state index >= 15 is 0 Å². The first-order valence-electron chi connectivity index (χ1n) is 10.2. The van der Waals surface area contributed by atoms with Crippen molar-refractivity contribution >= 4 is 17.4 Å². The second-order valence-electron chi connectivity index (χ2n) is 7.15. The van der Waals surface area contributed by atoms with Gasteiger partial charge in [0.25, 0.3) is 11.7 Å². The number of rotatable bonds is 9. The fourth-order valence-electron chi connectivity index (χ4n) is 3.63. The lowest BCUT2D eigenvalue weighted by atomic mass is 9.94. The third-order valence-electron chi connectivity index (χ3n) is 5.32. The van der Waals surface area contributed by atoms with Crippen molar-refractivity contribution in [2.24, 2.45) is 0 Å². The van der Waals surface area contributed by atoms with E-state index in [1.54, 1.807) is 31.4 Å². The summed E-state index contributed by atoms with van der Waals surface area (Å²) in [5.41, 5.74) is 2.32. The van der Waals surface area contributed by atoms with Crippen LogP contribution in [0.5, 0.6) is 5.75 Å². The molecule has 2 aromatic carbocycles. The molecule has 1 saturated heterocycles. The van der Waals surface area contributed by atoms with E-state index < -0.39 is 17.7 Å². The lowest BCUT2D eigenvalue weighted by Gasteiger charge is -2.25. The minimum atomic E-state index is -0.736. The molecule has 0 aromatic heterocycles. The van der Waals surface area contributed by atoms with E-state index in [1.807, 2.05) is 31.2 Å². The Morgan fingerprint density at radius 2 is 1.71 bits per heavy atom. The van der Waals surface area contributed by atoms with Crippen molar-refractivity contribution in [3.63, 3.8) is 0 Å². The predicted octanol–water partition coefficient (Wildman–Crippen LogP) is 2.69. The number of aryl methyl sites for hydroxylation is 1. The number of aliphatic hydroxyl groups is 2. The number of methoxy groups -OCH3 is 1. The van der Waals surface area contributed by atoms with Crippen LogP contribution in [0.1, 0.15) is 29.7 Å². The molecule has 2 aromatic rings. The molecule has 0 aliphatic carbocycles. The fourth-order valence-corrected chi connectivity index (χ4v) is 3.63. The molecule has 0 saturated carbocycles. The number of amides is 1. The Balaban J connectivity index is 2.04. The van der Waals surface area contributed by atoms with Gasteiger partial charge in [0.2, 0.25) is 0 Å². The number of ether oxygens (including phenoxy) is 2. The minimum absolute atomic E-state index is 0.0431. The molecule has 7 nitrogen and oxygen atoms in total. The number of benzene rings is 2. The molecule has 0 radical (unpaired) electrons. The van der Waals surface area contributed by atoms with Gasteiger partial charge in [0.15, 0.2) is 0 Å². The van der Waals surface area contributed by atoms with E-state index in [0.717, 1.165) is 17.5 Å². The monoisotopic (exact) mass is 425 g/mol. The van der Waals surface area contributed by atoms with Crippen LogP contribution in [-0.2, 0) is 20.7 Å². The van der Waals surface area contributed by atoms with Crippen LogP contribution in [0.25, 0.3) is 5.76 Å². The van der Waals surface area contributed by atoms with Gasteiger partial charge in [-0.15, -0.1) is 0 Å². The zero-order chi connectivity index (χ0) is 22.4. The number of aliphatic hydroxyl groups excluding tert-OH is 2. The number of likely N-dealkylation sites (tertiary alicyclic amines) is 1. The Morgan fingerprint density at radius 1 is 1.03 bits per heavy atom. The van der Waals surface area contributed by atoms with Crippen LogP contribution in [0.4, 0.5) is 0 Å². The summed E-state index contributed by atoms with van der Waals surface area (Å²) in [5.74, 6) is -1.04. The zero-order valence-corrected chi connectivity index (χ0v) is 17.7. The number of hydrogen-bond acceptors (Lipinski definition) is 6. The van der Waals surface area contributed by atoms with Gasteiger partial charge in [0.05, 0.1) is 38.5 Å². The summed E-state index contributed by atoms with van der Waals surface area (Å²) >= 11 is 0. The summed E-state index contributed by atoms with van der Waals surface area (Å²) in [7, 11) is 1.54. The highest BCUT2D eigenvalue weighted by molar-refractivity contribution is 6.46. The summed E-state index contributed by atoms with van der Waals surface area (Å²) in [6, 6.07) is 13.6. The third kappa shape index (κ3) is 4.78. The van der Waals surface area contributed by atoms with Gasteiger partial charge in [-0.25, -0.2) is 0 Å². The van der Waals surface area contributed by atoms with E-state index in [2.05, 4.69) is 0 Å². The SMILES string of the molecule is CCc1ccc(C2C(=C(O)c3ccc(OC)cc3)C(=O)C(=O)N2CCOCCO)cc1. The minimum Gasteiger partial charge on any atom is -0.507 e. The quantitative estimate of drug-likeness (QED) is 0.278. The topological polar surface area (TPSA) is 96.3 Å². The second kappa shape index (κ2) is 10.2. The van der Waals surface area contributed by atoms with Crippen LogP contribution < -0.4 is 4.74 Å². The number of hydrogen-bond donors (Lipinski definition) is 2. The van der Waals surface area contributed by atoms with Gasteiger partial charge in [-0.05, 0) is 41.8 Å². The highest BCUT2D eigenvalue weighted by Gasteiger charge is 2.45. The van der Waals surface area contributed by atoms with Crippen molar-refractivity contribution in [1.82, 2.24) is 4.90 Å². The first-order valence-corrected chi connectivity index (χ1v) is 10.2. The zero-order valence-electron chi connectivity index (χ0n) is 17.7. The van der Waals surface area contributed by atoms with Crippen molar-refractivity contribution in [3.8, 4) is 5.75 Å². The summed E-state index contributed by atoms with van der Waals surface area (Å²) in [5, 5.41) is 19.9. The van der Waals surface area contributed by atoms with Crippen LogP contribution in [-0.4, -0.2) is 60.3 Å². The van der Waals surface area contributed by atoms with Crippen molar-refractivity contribution < 1.29 is 29.3 Å². The molecule has 31 heavy (non-hydrogen) atoms. The molecule has 1 aliphatic rings. The molecule has 1 unspecified atom stereocenters. The van der Waals surface area contributed by atoms with E-state index in [4.69, 9.17) is 14.6 Å². The Morgan fingerprint density at radius 3 is 2.29 bits per heavy atom. The fraction of sp³-hybridized carbons (Fsp3) is 0.333. The van der Waals surface area contributed by atoms with Gasteiger partial charge in [-0.3, -0.25) is 9.59 Å². The average Bonchev–Trinajstić information content (AvgIpc) is 3.06. The van der Waals surface area contributed by atoms with Gasteiger partial charge in [0, 0.05) is 12.1 Å². The summed E-state index contributed by atoms with van der Waals surface area (Å²) < 4.78 is 10.5. The number of carbonyl (C=O) groups excluding carboxylic acids is 2. The Bertz CT molecular complexity index is 949. The molecule has 3 rings (SSSR count). The number of nitrogens with zero attached hydrogens (tertiary/aromatic N) is 1. The maximum Gasteiger partial charge on any atom is 0.295 e. The lowest BCUT2D eigenvalue weighted by Crippen LogP contribution is -2.33. The Hall–Kier alpha value is -3.16.